The first-order valence-electron chi connectivity index (χ1n) is 12.3. The molecule has 0 aromatic heterocycles. The quantitative estimate of drug-likeness (QED) is 0.186. The molecule has 0 radical (unpaired) electrons. The van der Waals surface area contributed by atoms with Gasteiger partial charge in [-0.2, -0.15) is 0 Å². The number of carboxylic acids is 1. The van der Waals surface area contributed by atoms with Gasteiger partial charge in [0.05, 0.1) is 10.8 Å². The van der Waals surface area contributed by atoms with Crippen LogP contribution in [0.2, 0.25) is 0 Å². The number of rotatable bonds is 9. The smallest absolute Gasteiger partial charge is 0.336 e. The standard InChI is InChI=1S/C30H27N3O5S/c1-3-26(29(36)32-21-15-13-20(14-16-21)31-18(2)34)39-23-10-6-9-22(17-23)33-28(35)24-11-4-7-19-8-5-12-25(27(19)24)30(37)38/h4-17,26H,3H2,1-2H3,(H,31,34)(H,32,36)(H,33,35)(H,37,38). The third-order valence-corrected chi connectivity index (χ3v) is 7.24. The van der Waals surface area contributed by atoms with Crippen LogP contribution < -0.4 is 16.0 Å². The Morgan fingerprint density at radius 1 is 0.769 bits per heavy atom. The number of benzene rings is 4. The van der Waals surface area contributed by atoms with Gasteiger partial charge < -0.3 is 21.1 Å². The van der Waals surface area contributed by atoms with Crippen LogP contribution in [-0.4, -0.2) is 34.0 Å². The number of anilines is 3. The van der Waals surface area contributed by atoms with Crippen LogP contribution >= 0.6 is 11.8 Å². The van der Waals surface area contributed by atoms with Crippen LogP contribution in [0.5, 0.6) is 0 Å². The van der Waals surface area contributed by atoms with Crippen molar-refractivity contribution in [2.75, 3.05) is 16.0 Å². The van der Waals surface area contributed by atoms with Gasteiger partial charge in [-0.1, -0.05) is 37.3 Å². The van der Waals surface area contributed by atoms with E-state index in [1.165, 1.54) is 24.8 Å². The van der Waals surface area contributed by atoms with Crippen molar-refractivity contribution < 1.29 is 24.3 Å². The lowest BCUT2D eigenvalue weighted by molar-refractivity contribution is -0.116. The van der Waals surface area contributed by atoms with Gasteiger partial charge in [0.1, 0.15) is 0 Å². The van der Waals surface area contributed by atoms with Crippen molar-refractivity contribution in [1.29, 1.82) is 0 Å². The third kappa shape index (κ3) is 6.82. The Morgan fingerprint density at radius 2 is 1.38 bits per heavy atom. The normalized spacial score (nSPS) is 11.4. The van der Waals surface area contributed by atoms with Gasteiger partial charge >= 0.3 is 5.97 Å². The van der Waals surface area contributed by atoms with Crippen LogP contribution in [0.15, 0.2) is 89.8 Å². The van der Waals surface area contributed by atoms with Crippen molar-refractivity contribution in [3.05, 3.63) is 96.1 Å². The van der Waals surface area contributed by atoms with Gasteiger partial charge in [0.15, 0.2) is 0 Å². The molecule has 1 atom stereocenters. The molecular formula is C30H27N3O5S. The van der Waals surface area contributed by atoms with Crippen LogP contribution in [0.4, 0.5) is 17.1 Å². The summed E-state index contributed by atoms with van der Waals surface area (Å²) < 4.78 is 0. The Kier molecular flexibility index (Phi) is 8.63. The fourth-order valence-corrected chi connectivity index (χ4v) is 5.12. The van der Waals surface area contributed by atoms with E-state index in [4.69, 9.17) is 0 Å². The summed E-state index contributed by atoms with van der Waals surface area (Å²) >= 11 is 1.38. The van der Waals surface area contributed by atoms with Gasteiger partial charge in [-0.05, 0) is 66.4 Å². The number of amides is 3. The van der Waals surface area contributed by atoms with Crippen LogP contribution in [0.25, 0.3) is 10.8 Å². The second-order valence-corrected chi connectivity index (χ2v) is 10.0. The van der Waals surface area contributed by atoms with Crippen LogP contribution in [0.1, 0.15) is 41.0 Å². The molecule has 4 rings (SSSR count). The summed E-state index contributed by atoms with van der Waals surface area (Å²) in [5, 5.41) is 18.7. The van der Waals surface area contributed by atoms with E-state index in [1.54, 1.807) is 72.8 Å². The minimum absolute atomic E-state index is 0.0594. The molecular weight excluding hydrogens is 514 g/mol. The molecule has 0 saturated heterocycles. The second kappa shape index (κ2) is 12.3. The summed E-state index contributed by atoms with van der Waals surface area (Å²) in [5.41, 5.74) is 2.11. The first kappa shape index (κ1) is 27.4. The monoisotopic (exact) mass is 541 g/mol. The summed E-state index contributed by atoms with van der Waals surface area (Å²) in [6.07, 6.45) is 0.574. The van der Waals surface area contributed by atoms with Gasteiger partial charge in [-0.25, -0.2) is 4.79 Å². The maximum absolute atomic E-state index is 13.2. The number of nitrogens with one attached hydrogen (secondary N) is 3. The molecule has 8 nitrogen and oxygen atoms in total. The molecule has 4 aromatic rings. The van der Waals surface area contributed by atoms with Crippen molar-refractivity contribution in [2.24, 2.45) is 0 Å². The Morgan fingerprint density at radius 3 is 2.00 bits per heavy atom. The van der Waals surface area contributed by atoms with E-state index < -0.39 is 11.9 Å². The van der Waals surface area contributed by atoms with Gasteiger partial charge in [-0.3, -0.25) is 14.4 Å². The molecule has 0 aliphatic rings. The van der Waals surface area contributed by atoms with Crippen molar-refractivity contribution >= 4 is 63.3 Å². The SMILES string of the molecule is CCC(Sc1cccc(NC(=O)c2cccc3cccc(C(=O)O)c23)c1)C(=O)Nc1ccc(NC(C)=O)cc1. The van der Waals surface area contributed by atoms with E-state index in [-0.39, 0.29) is 28.2 Å². The topological polar surface area (TPSA) is 125 Å². The zero-order chi connectivity index (χ0) is 27.9. The number of fused-ring (bicyclic) bond motifs is 1. The minimum Gasteiger partial charge on any atom is -0.478 e. The van der Waals surface area contributed by atoms with E-state index >= 15 is 0 Å². The van der Waals surface area contributed by atoms with Gasteiger partial charge in [-0.15, -0.1) is 11.8 Å². The molecule has 39 heavy (non-hydrogen) atoms. The van der Waals surface area contributed by atoms with Crippen LogP contribution in [0.3, 0.4) is 0 Å². The lowest BCUT2D eigenvalue weighted by atomic mass is 9.98. The Hall–Kier alpha value is -4.63. The average Bonchev–Trinajstić information content (AvgIpc) is 2.91. The number of hydrogen-bond donors (Lipinski definition) is 4. The highest BCUT2D eigenvalue weighted by atomic mass is 32.2. The molecule has 0 aliphatic heterocycles. The van der Waals surface area contributed by atoms with Gasteiger partial charge in [0, 0.05) is 39.8 Å². The minimum atomic E-state index is -1.10. The molecule has 4 N–H and O–H groups in total. The number of thioether (sulfide) groups is 1. The van der Waals surface area contributed by atoms with E-state index in [9.17, 15) is 24.3 Å². The molecule has 3 amide bonds. The molecule has 0 fully saturated rings. The molecule has 0 bridgehead atoms. The van der Waals surface area contributed by atoms with E-state index in [1.807, 2.05) is 13.0 Å². The predicted octanol–water partition coefficient (Wildman–Crippen LogP) is 6.26. The first-order chi connectivity index (χ1) is 18.7. The summed E-state index contributed by atoms with van der Waals surface area (Å²) in [6.45, 7) is 3.35. The summed E-state index contributed by atoms with van der Waals surface area (Å²) in [5.74, 6) is -1.87. The largest absolute Gasteiger partial charge is 0.478 e. The Labute approximate surface area is 229 Å². The van der Waals surface area contributed by atoms with Crippen LogP contribution in [0, 0.1) is 0 Å². The van der Waals surface area contributed by atoms with E-state index in [2.05, 4.69) is 16.0 Å². The fourth-order valence-electron chi connectivity index (χ4n) is 4.10. The highest BCUT2D eigenvalue weighted by Gasteiger charge is 2.20. The molecule has 198 valence electrons. The number of carbonyl (C=O) groups excluding carboxylic acids is 3. The summed E-state index contributed by atoms with van der Waals surface area (Å²) in [7, 11) is 0. The van der Waals surface area contributed by atoms with Crippen molar-refractivity contribution in [3.8, 4) is 0 Å². The number of carbonyl (C=O) groups is 4. The zero-order valence-electron chi connectivity index (χ0n) is 21.4. The van der Waals surface area contributed by atoms with E-state index in [0.717, 1.165) is 4.90 Å². The maximum atomic E-state index is 13.2. The van der Waals surface area contributed by atoms with Crippen LogP contribution in [-0.2, 0) is 9.59 Å². The molecule has 0 aliphatic carbocycles. The highest BCUT2D eigenvalue weighted by molar-refractivity contribution is 8.00. The Bertz CT molecular complexity index is 1550. The molecule has 9 heteroatoms. The molecule has 0 heterocycles. The number of hydrogen-bond acceptors (Lipinski definition) is 5. The summed E-state index contributed by atoms with van der Waals surface area (Å²) in [6, 6.07) is 24.0. The van der Waals surface area contributed by atoms with E-state index in [0.29, 0.717) is 34.3 Å². The average molecular weight is 542 g/mol. The maximum Gasteiger partial charge on any atom is 0.336 e. The van der Waals surface area contributed by atoms with Crippen molar-refractivity contribution in [2.45, 2.75) is 30.4 Å². The predicted molar refractivity (Wildman–Crippen MR) is 155 cm³/mol. The molecule has 1 unspecified atom stereocenters. The van der Waals surface area contributed by atoms with Gasteiger partial charge in [0.25, 0.3) is 5.91 Å². The fraction of sp³-hybridized carbons (Fsp3) is 0.133. The number of aromatic carboxylic acids is 1. The second-order valence-electron chi connectivity index (χ2n) is 8.76. The lowest BCUT2D eigenvalue weighted by Crippen LogP contribution is -2.24. The highest BCUT2D eigenvalue weighted by Crippen LogP contribution is 2.30. The van der Waals surface area contributed by atoms with Crippen molar-refractivity contribution in [3.63, 3.8) is 0 Å². The lowest BCUT2D eigenvalue weighted by Gasteiger charge is -2.16. The Balaban J connectivity index is 1.47. The van der Waals surface area contributed by atoms with Crippen molar-refractivity contribution in [1.82, 2.24) is 0 Å². The first-order valence-corrected chi connectivity index (χ1v) is 13.1. The number of carboxylic acid groups (broad SMARTS) is 1. The molecule has 0 saturated carbocycles. The molecule has 4 aromatic carbocycles. The van der Waals surface area contributed by atoms with Gasteiger partial charge in [0.2, 0.25) is 11.8 Å². The summed E-state index contributed by atoms with van der Waals surface area (Å²) in [4.78, 5) is 49.9. The third-order valence-electron chi connectivity index (χ3n) is 5.89. The molecule has 0 spiro atoms. The zero-order valence-corrected chi connectivity index (χ0v) is 22.2.